The first-order valence-corrected chi connectivity index (χ1v) is 8.85. The summed E-state index contributed by atoms with van der Waals surface area (Å²) in [6.07, 6.45) is 5.14. The van der Waals surface area contributed by atoms with E-state index in [2.05, 4.69) is 16.3 Å². The average molecular weight is 347 g/mol. The lowest BCUT2D eigenvalue weighted by Gasteiger charge is -2.31. The first-order valence-electron chi connectivity index (χ1n) is 8.85. The summed E-state index contributed by atoms with van der Waals surface area (Å²) in [4.78, 5) is 25.0. The van der Waals surface area contributed by atoms with Crippen LogP contribution >= 0.6 is 0 Å². The van der Waals surface area contributed by atoms with Gasteiger partial charge in [-0.25, -0.2) is 4.79 Å². The number of amides is 1. The van der Waals surface area contributed by atoms with Crippen molar-refractivity contribution in [3.05, 3.63) is 29.1 Å². The van der Waals surface area contributed by atoms with Crippen LogP contribution in [0.1, 0.15) is 42.6 Å². The van der Waals surface area contributed by atoms with Gasteiger partial charge in [-0.2, -0.15) is 5.10 Å². The summed E-state index contributed by atoms with van der Waals surface area (Å²) in [5, 5.41) is 4.83. The van der Waals surface area contributed by atoms with E-state index in [0.717, 1.165) is 38.1 Å². The number of aromatic nitrogens is 2. The molecule has 25 heavy (non-hydrogen) atoms. The van der Waals surface area contributed by atoms with Crippen molar-refractivity contribution >= 4 is 11.9 Å². The highest BCUT2D eigenvalue weighted by Gasteiger charge is 2.29. The molecular formula is C18H25N3O4. The van der Waals surface area contributed by atoms with Gasteiger partial charge in [-0.15, -0.1) is 0 Å². The highest BCUT2D eigenvalue weighted by Crippen LogP contribution is 2.33. The monoisotopic (exact) mass is 347 g/mol. The number of piperidine rings is 1. The molecule has 0 unspecified atom stereocenters. The molecule has 0 bridgehead atoms. The fraction of sp³-hybridized carbons (Fsp3) is 0.611. The van der Waals surface area contributed by atoms with Gasteiger partial charge in [0.15, 0.2) is 0 Å². The lowest BCUT2D eigenvalue weighted by molar-refractivity contribution is -0.135. The van der Waals surface area contributed by atoms with Gasteiger partial charge >= 0.3 is 5.97 Å². The summed E-state index contributed by atoms with van der Waals surface area (Å²) in [7, 11) is 1.29. The molecule has 136 valence electrons. The van der Waals surface area contributed by atoms with Crippen molar-refractivity contribution in [1.82, 2.24) is 14.7 Å². The molecule has 0 radical (unpaired) electrons. The molecule has 3 rings (SSSR count). The van der Waals surface area contributed by atoms with Crippen LogP contribution in [0.3, 0.4) is 0 Å². The van der Waals surface area contributed by atoms with Gasteiger partial charge in [-0.3, -0.25) is 9.48 Å². The summed E-state index contributed by atoms with van der Waals surface area (Å²) in [6, 6.07) is 0. The topological polar surface area (TPSA) is 73.7 Å². The Morgan fingerprint density at radius 1 is 1.32 bits per heavy atom. The number of carbonyl (C=O) groups is 2. The molecule has 2 aliphatic heterocycles. The lowest BCUT2D eigenvalue weighted by Crippen LogP contribution is -2.37. The fourth-order valence-corrected chi connectivity index (χ4v) is 3.61. The number of esters is 1. The van der Waals surface area contributed by atoms with E-state index < -0.39 is 5.97 Å². The van der Waals surface area contributed by atoms with Crippen molar-refractivity contribution in [3.8, 4) is 0 Å². The van der Waals surface area contributed by atoms with E-state index in [4.69, 9.17) is 9.84 Å². The predicted octanol–water partition coefficient (Wildman–Crippen LogP) is 1.41. The number of hydrogen-bond acceptors (Lipinski definition) is 5. The van der Waals surface area contributed by atoms with E-state index in [9.17, 15) is 9.59 Å². The maximum absolute atomic E-state index is 12.1. The van der Waals surface area contributed by atoms with Crippen LogP contribution in [0, 0.1) is 0 Å². The molecule has 1 saturated heterocycles. The number of aryl methyl sites for hydroxylation is 1. The molecule has 1 amide bonds. The van der Waals surface area contributed by atoms with E-state index in [1.165, 1.54) is 30.5 Å². The Bertz CT molecular complexity index is 672. The Hall–Kier alpha value is -2.15. The van der Waals surface area contributed by atoms with Crippen molar-refractivity contribution in [2.45, 2.75) is 45.3 Å². The molecule has 1 aromatic heterocycles. The maximum Gasteiger partial charge on any atom is 0.330 e. The number of rotatable bonds is 4. The molecular weight excluding hydrogens is 322 g/mol. The van der Waals surface area contributed by atoms with Crippen molar-refractivity contribution in [2.75, 3.05) is 26.8 Å². The minimum atomic E-state index is -0.514. The summed E-state index contributed by atoms with van der Waals surface area (Å²) >= 11 is 0. The zero-order valence-electron chi connectivity index (χ0n) is 14.9. The number of methoxy groups -OCH3 is 1. The van der Waals surface area contributed by atoms with Gasteiger partial charge in [-0.05, 0) is 19.8 Å². The van der Waals surface area contributed by atoms with E-state index in [1.54, 1.807) is 4.90 Å². The van der Waals surface area contributed by atoms with Gasteiger partial charge in [0.2, 0.25) is 5.91 Å². The first-order chi connectivity index (χ1) is 12.1. The van der Waals surface area contributed by atoms with Crippen molar-refractivity contribution in [3.63, 3.8) is 0 Å². The van der Waals surface area contributed by atoms with Crippen LogP contribution in [-0.2, 0) is 38.6 Å². The van der Waals surface area contributed by atoms with Gasteiger partial charge in [0.05, 0.1) is 26.0 Å². The van der Waals surface area contributed by atoms with Crippen molar-refractivity contribution in [1.29, 1.82) is 0 Å². The van der Waals surface area contributed by atoms with Gasteiger partial charge in [0.1, 0.15) is 0 Å². The Labute approximate surface area is 147 Å². The van der Waals surface area contributed by atoms with Crippen LogP contribution in [0.25, 0.3) is 0 Å². The van der Waals surface area contributed by atoms with Crippen LogP contribution in [0.15, 0.2) is 12.2 Å². The second-order valence-corrected chi connectivity index (χ2v) is 6.38. The highest BCUT2D eigenvalue weighted by atomic mass is 16.5. The second-order valence-electron chi connectivity index (χ2n) is 6.38. The predicted molar refractivity (Wildman–Crippen MR) is 91.0 cm³/mol. The van der Waals surface area contributed by atoms with Crippen molar-refractivity contribution in [2.24, 2.45) is 0 Å². The Kier molecular flexibility index (Phi) is 5.53. The Morgan fingerprint density at radius 3 is 2.76 bits per heavy atom. The fourth-order valence-electron chi connectivity index (χ4n) is 3.61. The number of hydrogen-bond donors (Lipinski definition) is 0. The second kappa shape index (κ2) is 7.82. The van der Waals surface area contributed by atoms with Crippen LogP contribution in [-0.4, -0.2) is 53.4 Å². The Balaban J connectivity index is 1.65. The quantitative estimate of drug-likeness (QED) is 0.608. The zero-order chi connectivity index (χ0) is 17.8. The zero-order valence-corrected chi connectivity index (χ0v) is 14.9. The van der Waals surface area contributed by atoms with Gasteiger partial charge in [0, 0.05) is 55.4 Å². The highest BCUT2D eigenvalue weighted by molar-refractivity contribution is 5.94. The van der Waals surface area contributed by atoms with E-state index in [0.29, 0.717) is 25.6 Å². The standard InChI is InChI=1S/C18H25N3O4/c1-3-21-15-8-11-25-12-14(15)18(19-21)13-6-9-20(10-7-13)16(22)4-5-17(23)24-2/h4-5,13H,3,6-12H2,1-2H3/b5-4+. The molecule has 0 spiro atoms. The van der Waals surface area contributed by atoms with Crippen LogP contribution in [0.4, 0.5) is 0 Å². The van der Waals surface area contributed by atoms with Gasteiger partial charge < -0.3 is 14.4 Å². The van der Waals surface area contributed by atoms with Gasteiger partial charge in [-0.1, -0.05) is 0 Å². The summed E-state index contributed by atoms with van der Waals surface area (Å²) < 4.78 is 12.2. The molecule has 1 fully saturated rings. The number of carbonyl (C=O) groups excluding carboxylic acids is 2. The summed E-state index contributed by atoms with van der Waals surface area (Å²) in [5.74, 6) is -0.301. The molecule has 3 heterocycles. The average Bonchev–Trinajstić information content (AvgIpc) is 3.04. The SMILES string of the molecule is CCn1nc(C2CCN(C(=O)/C=C/C(=O)OC)CC2)c2c1CCOC2. The summed E-state index contributed by atoms with van der Waals surface area (Å²) in [5.41, 5.74) is 3.71. The molecule has 0 aliphatic carbocycles. The third kappa shape index (κ3) is 3.76. The normalized spacial score (nSPS) is 18.4. The molecule has 0 saturated carbocycles. The number of likely N-dealkylation sites (tertiary alicyclic amines) is 1. The molecule has 0 N–H and O–H groups in total. The third-order valence-corrected chi connectivity index (χ3v) is 4.98. The molecule has 0 aromatic carbocycles. The lowest BCUT2D eigenvalue weighted by atomic mass is 9.90. The maximum atomic E-state index is 12.1. The van der Waals surface area contributed by atoms with Crippen molar-refractivity contribution < 1.29 is 19.1 Å². The minimum absolute atomic E-state index is 0.145. The molecule has 2 aliphatic rings. The molecule has 7 nitrogen and oxygen atoms in total. The summed E-state index contributed by atoms with van der Waals surface area (Å²) in [6.45, 7) is 5.73. The van der Waals surface area contributed by atoms with Crippen LogP contribution < -0.4 is 0 Å². The largest absolute Gasteiger partial charge is 0.466 e. The Morgan fingerprint density at radius 2 is 2.08 bits per heavy atom. The molecule has 0 atom stereocenters. The van der Waals surface area contributed by atoms with Gasteiger partial charge in [0.25, 0.3) is 0 Å². The smallest absolute Gasteiger partial charge is 0.330 e. The van der Waals surface area contributed by atoms with Crippen LogP contribution in [0.5, 0.6) is 0 Å². The number of ether oxygens (including phenoxy) is 2. The van der Waals surface area contributed by atoms with E-state index in [1.807, 2.05) is 0 Å². The number of nitrogens with zero attached hydrogens (tertiary/aromatic N) is 3. The minimum Gasteiger partial charge on any atom is -0.466 e. The molecule has 1 aromatic rings. The third-order valence-electron chi connectivity index (χ3n) is 4.98. The first kappa shape index (κ1) is 17.7. The van der Waals surface area contributed by atoms with E-state index >= 15 is 0 Å². The number of fused-ring (bicyclic) bond motifs is 1. The molecule has 7 heteroatoms. The van der Waals surface area contributed by atoms with E-state index in [-0.39, 0.29) is 5.91 Å². The van der Waals surface area contributed by atoms with Crippen LogP contribution in [0.2, 0.25) is 0 Å².